The fraction of sp³-hybridized carbons (Fsp3) is 0.385. The van der Waals surface area contributed by atoms with Crippen LogP contribution in [-0.4, -0.2) is 15.3 Å². The van der Waals surface area contributed by atoms with Crippen LogP contribution in [0.5, 0.6) is 0 Å². The van der Waals surface area contributed by atoms with E-state index >= 15 is 0 Å². The third-order valence-corrected chi connectivity index (χ3v) is 3.95. The lowest BCUT2D eigenvalue weighted by Crippen LogP contribution is -2.23. The van der Waals surface area contributed by atoms with Crippen LogP contribution in [0.4, 0.5) is 0 Å². The first-order valence-corrected chi connectivity index (χ1v) is 7.78. The van der Waals surface area contributed by atoms with Gasteiger partial charge in [0.05, 0.1) is 10.9 Å². The number of rotatable bonds is 4. The van der Waals surface area contributed by atoms with Gasteiger partial charge in [-0.2, -0.15) is 0 Å². The number of hydrogen-bond donors (Lipinski definition) is 0. The highest BCUT2D eigenvalue weighted by molar-refractivity contribution is 9.10. The van der Waals surface area contributed by atoms with Crippen LogP contribution in [0.1, 0.15) is 20.3 Å². The van der Waals surface area contributed by atoms with E-state index in [9.17, 15) is 4.79 Å². The fourth-order valence-corrected chi connectivity index (χ4v) is 2.95. The smallest absolute Gasteiger partial charge is 0.262 e. The van der Waals surface area contributed by atoms with Crippen LogP contribution in [0.15, 0.2) is 32.6 Å². The molecular weight excluding hydrogens is 312 g/mol. The second kappa shape index (κ2) is 5.89. The zero-order chi connectivity index (χ0) is 13.1. The Kier molecular flexibility index (Phi) is 4.45. The highest BCUT2D eigenvalue weighted by Gasteiger charge is 2.10. The molecule has 0 unspecified atom stereocenters. The molecule has 1 heterocycles. The summed E-state index contributed by atoms with van der Waals surface area (Å²) in [6.07, 6.45) is 0.929. The van der Waals surface area contributed by atoms with E-state index in [1.54, 1.807) is 16.3 Å². The minimum Gasteiger partial charge on any atom is -0.287 e. The number of fused-ring (bicyclic) bond motifs is 1. The average Bonchev–Trinajstić information content (AvgIpc) is 2.35. The third kappa shape index (κ3) is 2.62. The number of nitrogens with zero attached hydrogens (tertiary/aromatic N) is 2. The SMILES string of the molecule is CCCn1c(SCC)nc2ccc(Br)cc2c1=O. The summed E-state index contributed by atoms with van der Waals surface area (Å²) in [6.45, 7) is 4.85. The van der Waals surface area contributed by atoms with Crippen molar-refractivity contribution in [1.29, 1.82) is 0 Å². The van der Waals surface area contributed by atoms with Crippen LogP contribution in [0, 0.1) is 0 Å². The number of halogens is 1. The van der Waals surface area contributed by atoms with Gasteiger partial charge in [-0.15, -0.1) is 0 Å². The van der Waals surface area contributed by atoms with E-state index in [2.05, 4.69) is 34.8 Å². The molecule has 0 spiro atoms. The predicted molar refractivity (Wildman–Crippen MR) is 80.4 cm³/mol. The van der Waals surface area contributed by atoms with Gasteiger partial charge in [0.1, 0.15) is 0 Å². The van der Waals surface area contributed by atoms with Crippen LogP contribution >= 0.6 is 27.7 Å². The minimum absolute atomic E-state index is 0.0547. The Balaban J connectivity index is 2.72. The zero-order valence-corrected chi connectivity index (χ0v) is 12.8. The van der Waals surface area contributed by atoms with Gasteiger partial charge in [-0.25, -0.2) is 4.98 Å². The van der Waals surface area contributed by atoms with Crippen LogP contribution in [-0.2, 0) is 6.54 Å². The van der Waals surface area contributed by atoms with E-state index in [1.807, 2.05) is 18.2 Å². The van der Waals surface area contributed by atoms with Crippen LogP contribution in [0.2, 0.25) is 0 Å². The van der Waals surface area contributed by atoms with Crippen molar-refractivity contribution in [1.82, 2.24) is 9.55 Å². The molecule has 5 heteroatoms. The lowest BCUT2D eigenvalue weighted by atomic mass is 10.2. The van der Waals surface area contributed by atoms with Crippen molar-refractivity contribution in [3.63, 3.8) is 0 Å². The largest absolute Gasteiger partial charge is 0.287 e. The normalized spacial score (nSPS) is 11.1. The Morgan fingerprint density at radius 3 is 2.83 bits per heavy atom. The zero-order valence-electron chi connectivity index (χ0n) is 10.4. The molecule has 0 saturated carbocycles. The average molecular weight is 327 g/mol. The summed E-state index contributed by atoms with van der Waals surface area (Å²) in [5, 5.41) is 1.50. The number of hydrogen-bond acceptors (Lipinski definition) is 3. The van der Waals surface area contributed by atoms with Crippen molar-refractivity contribution in [3.05, 3.63) is 33.0 Å². The summed E-state index contributed by atoms with van der Waals surface area (Å²) in [5.41, 5.74) is 0.825. The van der Waals surface area contributed by atoms with Crippen molar-refractivity contribution >= 4 is 38.6 Å². The van der Waals surface area contributed by atoms with Gasteiger partial charge >= 0.3 is 0 Å². The molecule has 18 heavy (non-hydrogen) atoms. The summed E-state index contributed by atoms with van der Waals surface area (Å²) in [4.78, 5) is 17.0. The summed E-state index contributed by atoms with van der Waals surface area (Å²) >= 11 is 5.01. The first-order chi connectivity index (χ1) is 8.67. The molecule has 0 bridgehead atoms. The topological polar surface area (TPSA) is 34.9 Å². The first-order valence-electron chi connectivity index (χ1n) is 6.00. The maximum atomic E-state index is 12.5. The standard InChI is InChI=1S/C13H15BrN2OS/c1-3-7-16-12(17)10-8-9(14)5-6-11(10)15-13(16)18-4-2/h5-6,8H,3-4,7H2,1-2H3. The van der Waals surface area contributed by atoms with Gasteiger partial charge in [0.2, 0.25) is 0 Å². The number of aromatic nitrogens is 2. The Bertz CT molecular complexity index is 624. The van der Waals surface area contributed by atoms with Gasteiger partial charge in [0.15, 0.2) is 5.16 Å². The maximum absolute atomic E-state index is 12.5. The minimum atomic E-state index is 0.0547. The molecule has 0 aliphatic heterocycles. The molecule has 3 nitrogen and oxygen atoms in total. The molecule has 0 saturated heterocycles. The molecule has 0 N–H and O–H groups in total. The molecule has 0 atom stereocenters. The Morgan fingerprint density at radius 2 is 2.17 bits per heavy atom. The van der Waals surface area contributed by atoms with E-state index in [-0.39, 0.29) is 5.56 Å². The summed E-state index contributed by atoms with van der Waals surface area (Å²) in [7, 11) is 0. The van der Waals surface area contributed by atoms with Crippen molar-refractivity contribution < 1.29 is 0 Å². The quantitative estimate of drug-likeness (QED) is 0.635. The number of thioether (sulfide) groups is 1. The van der Waals surface area contributed by atoms with Crippen LogP contribution in [0.25, 0.3) is 10.9 Å². The van der Waals surface area contributed by atoms with Crippen molar-refractivity contribution in [2.75, 3.05) is 5.75 Å². The monoisotopic (exact) mass is 326 g/mol. The molecular formula is C13H15BrN2OS. The highest BCUT2D eigenvalue weighted by atomic mass is 79.9. The fourth-order valence-electron chi connectivity index (χ4n) is 1.83. The second-order valence-corrected chi connectivity index (χ2v) is 6.09. The second-order valence-electron chi connectivity index (χ2n) is 3.95. The van der Waals surface area contributed by atoms with Crippen LogP contribution < -0.4 is 5.56 Å². The first kappa shape index (κ1) is 13.6. The summed E-state index contributed by atoms with van der Waals surface area (Å²) in [5.74, 6) is 0.915. The Hall–Kier alpha value is -0.810. The molecule has 0 amide bonds. The van der Waals surface area contributed by atoms with E-state index in [4.69, 9.17) is 0 Å². The molecule has 1 aromatic carbocycles. The van der Waals surface area contributed by atoms with E-state index in [0.29, 0.717) is 5.39 Å². The molecule has 0 fully saturated rings. The molecule has 0 aliphatic rings. The Labute approximate surface area is 119 Å². The molecule has 0 radical (unpaired) electrons. The highest BCUT2D eigenvalue weighted by Crippen LogP contribution is 2.20. The number of benzene rings is 1. The van der Waals surface area contributed by atoms with Gasteiger partial charge < -0.3 is 0 Å². The van der Waals surface area contributed by atoms with Crippen molar-refractivity contribution in [3.8, 4) is 0 Å². The van der Waals surface area contributed by atoms with Gasteiger partial charge in [0, 0.05) is 11.0 Å². The summed E-state index contributed by atoms with van der Waals surface area (Å²) in [6, 6.07) is 5.65. The lowest BCUT2D eigenvalue weighted by Gasteiger charge is -2.11. The Morgan fingerprint density at radius 1 is 1.39 bits per heavy atom. The van der Waals surface area contributed by atoms with Crippen LogP contribution in [0.3, 0.4) is 0 Å². The van der Waals surface area contributed by atoms with E-state index in [1.165, 1.54) is 0 Å². The molecule has 2 aromatic rings. The molecule has 0 aliphatic carbocycles. The molecule has 1 aromatic heterocycles. The lowest BCUT2D eigenvalue weighted by molar-refractivity contribution is 0.585. The molecule has 96 valence electrons. The van der Waals surface area contributed by atoms with Gasteiger partial charge in [-0.05, 0) is 30.4 Å². The van der Waals surface area contributed by atoms with E-state index in [0.717, 1.165) is 33.9 Å². The van der Waals surface area contributed by atoms with Crippen molar-refractivity contribution in [2.45, 2.75) is 32.0 Å². The van der Waals surface area contributed by atoms with Gasteiger partial charge in [-0.1, -0.05) is 41.5 Å². The predicted octanol–water partition coefficient (Wildman–Crippen LogP) is 3.68. The summed E-state index contributed by atoms with van der Waals surface area (Å²) < 4.78 is 2.69. The van der Waals surface area contributed by atoms with Gasteiger partial charge in [0.25, 0.3) is 5.56 Å². The molecule has 2 rings (SSSR count). The maximum Gasteiger partial charge on any atom is 0.262 e. The van der Waals surface area contributed by atoms with Gasteiger partial charge in [-0.3, -0.25) is 9.36 Å². The van der Waals surface area contributed by atoms with Crippen molar-refractivity contribution in [2.24, 2.45) is 0 Å². The van der Waals surface area contributed by atoms with E-state index < -0.39 is 0 Å². The third-order valence-electron chi connectivity index (χ3n) is 2.60.